The molecule has 1 aromatic rings. The van der Waals surface area contributed by atoms with Crippen LogP contribution < -0.4 is 5.32 Å². The first-order valence-electron chi connectivity index (χ1n) is 5.55. The Morgan fingerprint density at radius 2 is 2.17 bits per heavy atom. The van der Waals surface area contributed by atoms with Crippen molar-refractivity contribution < 1.29 is 14.7 Å². The van der Waals surface area contributed by atoms with Crippen molar-refractivity contribution in [2.45, 2.75) is 26.3 Å². The Labute approximate surface area is 110 Å². The van der Waals surface area contributed by atoms with Gasteiger partial charge in [0.15, 0.2) is 0 Å². The number of nitrogens with zero attached hydrogens (tertiary/aromatic N) is 1. The first-order chi connectivity index (χ1) is 8.41. The second-order valence-electron chi connectivity index (χ2n) is 4.35. The Morgan fingerprint density at radius 3 is 2.67 bits per heavy atom. The molecule has 0 fully saturated rings. The van der Waals surface area contributed by atoms with Gasteiger partial charge in [0.25, 0.3) is 5.91 Å². The second-order valence-corrected chi connectivity index (χ2v) is 4.76. The van der Waals surface area contributed by atoms with Gasteiger partial charge in [0.2, 0.25) is 0 Å². The minimum Gasteiger partial charge on any atom is -0.480 e. The molecule has 1 rings (SSSR count). The van der Waals surface area contributed by atoms with Crippen LogP contribution in [0.1, 0.15) is 30.6 Å². The molecule has 5 nitrogen and oxygen atoms in total. The highest BCUT2D eigenvalue weighted by molar-refractivity contribution is 6.33. The molecule has 0 saturated carbocycles. The van der Waals surface area contributed by atoms with Crippen LogP contribution in [0.3, 0.4) is 0 Å². The summed E-state index contributed by atoms with van der Waals surface area (Å²) >= 11 is 5.84. The summed E-state index contributed by atoms with van der Waals surface area (Å²) < 4.78 is 0. The third-order valence-electron chi connectivity index (χ3n) is 2.32. The Balaban J connectivity index is 2.79. The first-order valence-corrected chi connectivity index (χ1v) is 5.92. The Kier molecular flexibility index (Phi) is 5.09. The van der Waals surface area contributed by atoms with Crippen molar-refractivity contribution in [3.05, 3.63) is 29.0 Å². The van der Waals surface area contributed by atoms with E-state index < -0.39 is 17.9 Å². The number of halogens is 1. The number of hydrogen-bond donors (Lipinski definition) is 2. The second kappa shape index (κ2) is 6.35. The van der Waals surface area contributed by atoms with Crippen LogP contribution in [0.25, 0.3) is 0 Å². The van der Waals surface area contributed by atoms with Gasteiger partial charge in [0.1, 0.15) is 6.04 Å². The molecule has 1 heterocycles. The van der Waals surface area contributed by atoms with Crippen molar-refractivity contribution in [1.29, 1.82) is 0 Å². The molecule has 0 spiro atoms. The molecule has 6 heteroatoms. The molecule has 0 aromatic carbocycles. The number of aromatic nitrogens is 1. The van der Waals surface area contributed by atoms with E-state index in [1.54, 1.807) is 0 Å². The highest BCUT2D eigenvalue weighted by Crippen LogP contribution is 2.14. The first kappa shape index (κ1) is 14.4. The molecule has 18 heavy (non-hydrogen) atoms. The predicted octanol–water partition coefficient (Wildman–Crippen LogP) is 1.96. The zero-order chi connectivity index (χ0) is 13.7. The molecule has 0 radical (unpaired) electrons. The molecule has 1 amide bonds. The lowest BCUT2D eigenvalue weighted by Gasteiger charge is -2.16. The van der Waals surface area contributed by atoms with Crippen molar-refractivity contribution in [3.63, 3.8) is 0 Å². The molecule has 0 aliphatic rings. The molecule has 98 valence electrons. The summed E-state index contributed by atoms with van der Waals surface area (Å²) in [7, 11) is 0. The van der Waals surface area contributed by atoms with E-state index in [1.165, 1.54) is 18.5 Å². The number of aliphatic carboxylic acids is 1. The number of pyridine rings is 1. The fraction of sp³-hybridized carbons (Fsp3) is 0.417. The summed E-state index contributed by atoms with van der Waals surface area (Å²) in [6.45, 7) is 3.78. The molecule has 0 saturated heterocycles. The van der Waals surface area contributed by atoms with Crippen molar-refractivity contribution in [3.8, 4) is 0 Å². The van der Waals surface area contributed by atoms with E-state index in [0.717, 1.165) is 0 Å². The fourth-order valence-corrected chi connectivity index (χ4v) is 1.66. The minimum absolute atomic E-state index is 0.163. The summed E-state index contributed by atoms with van der Waals surface area (Å²) in [5, 5.41) is 11.7. The lowest BCUT2D eigenvalue weighted by Crippen LogP contribution is -2.41. The molecular formula is C12H15ClN2O3. The maximum absolute atomic E-state index is 11.9. The average Bonchev–Trinajstić information content (AvgIpc) is 2.27. The van der Waals surface area contributed by atoms with Gasteiger partial charge in [-0.25, -0.2) is 4.79 Å². The highest BCUT2D eigenvalue weighted by atomic mass is 35.5. The predicted molar refractivity (Wildman–Crippen MR) is 67.6 cm³/mol. The van der Waals surface area contributed by atoms with Crippen LogP contribution >= 0.6 is 11.6 Å². The Hall–Kier alpha value is -1.62. The minimum atomic E-state index is -1.06. The zero-order valence-corrected chi connectivity index (χ0v) is 10.9. The van der Waals surface area contributed by atoms with E-state index >= 15 is 0 Å². The lowest BCUT2D eigenvalue weighted by atomic mass is 10.0. The van der Waals surface area contributed by atoms with Gasteiger partial charge < -0.3 is 10.4 Å². The molecular weight excluding hydrogens is 256 g/mol. The molecule has 1 aromatic heterocycles. The van der Waals surface area contributed by atoms with Gasteiger partial charge >= 0.3 is 5.97 Å². The largest absolute Gasteiger partial charge is 0.480 e. The van der Waals surface area contributed by atoms with Crippen LogP contribution in [0.5, 0.6) is 0 Å². The van der Waals surface area contributed by atoms with Crippen molar-refractivity contribution in [2.75, 3.05) is 0 Å². The van der Waals surface area contributed by atoms with Gasteiger partial charge in [-0.2, -0.15) is 0 Å². The maximum Gasteiger partial charge on any atom is 0.326 e. The van der Waals surface area contributed by atoms with E-state index in [-0.39, 0.29) is 16.5 Å². The Bertz CT molecular complexity index is 449. The molecule has 0 aliphatic carbocycles. The van der Waals surface area contributed by atoms with Gasteiger partial charge in [-0.1, -0.05) is 25.4 Å². The summed E-state index contributed by atoms with van der Waals surface area (Å²) in [4.78, 5) is 26.7. The standard InChI is InChI=1S/C12H15ClN2O3/c1-7(2)5-10(12(17)18)15-11(16)8-6-14-4-3-9(8)13/h3-4,6-7,10H,5H2,1-2H3,(H,15,16)(H,17,18)/t10-/m1/s1. The topological polar surface area (TPSA) is 79.3 Å². The van der Waals surface area contributed by atoms with Crippen molar-refractivity contribution in [1.82, 2.24) is 10.3 Å². The molecule has 0 aliphatic heterocycles. The normalized spacial score (nSPS) is 12.2. The quantitative estimate of drug-likeness (QED) is 0.857. The smallest absolute Gasteiger partial charge is 0.326 e. The number of nitrogens with one attached hydrogen (secondary N) is 1. The summed E-state index contributed by atoms with van der Waals surface area (Å²) in [6, 6.07) is 0.558. The van der Waals surface area contributed by atoms with Crippen LogP contribution in [-0.2, 0) is 4.79 Å². The van der Waals surface area contributed by atoms with Gasteiger partial charge in [-0.05, 0) is 18.4 Å². The molecule has 2 N–H and O–H groups in total. The van der Waals surface area contributed by atoms with E-state index in [1.807, 2.05) is 13.8 Å². The monoisotopic (exact) mass is 270 g/mol. The summed E-state index contributed by atoms with van der Waals surface area (Å²) in [5.74, 6) is -1.42. The van der Waals surface area contributed by atoms with E-state index in [2.05, 4.69) is 10.3 Å². The molecule has 0 unspecified atom stereocenters. The van der Waals surface area contributed by atoms with Crippen LogP contribution in [0.2, 0.25) is 5.02 Å². The SMILES string of the molecule is CC(C)C[C@@H](NC(=O)c1cnccc1Cl)C(=O)O. The van der Waals surface area contributed by atoms with E-state index in [4.69, 9.17) is 16.7 Å². The number of carboxylic acid groups (broad SMARTS) is 1. The maximum atomic E-state index is 11.9. The van der Waals surface area contributed by atoms with Crippen LogP contribution in [-0.4, -0.2) is 28.0 Å². The zero-order valence-electron chi connectivity index (χ0n) is 10.2. The highest BCUT2D eigenvalue weighted by Gasteiger charge is 2.22. The number of rotatable bonds is 5. The molecule has 0 bridgehead atoms. The third-order valence-corrected chi connectivity index (χ3v) is 2.65. The van der Waals surface area contributed by atoms with Crippen molar-refractivity contribution >= 4 is 23.5 Å². The van der Waals surface area contributed by atoms with Crippen molar-refractivity contribution in [2.24, 2.45) is 5.92 Å². The van der Waals surface area contributed by atoms with Gasteiger partial charge in [0.05, 0.1) is 10.6 Å². The fourth-order valence-electron chi connectivity index (χ4n) is 1.47. The summed E-state index contributed by atoms with van der Waals surface area (Å²) in [5.41, 5.74) is 0.175. The Morgan fingerprint density at radius 1 is 1.50 bits per heavy atom. The van der Waals surface area contributed by atoms with E-state index in [9.17, 15) is 9.59 Å². The number of carbonyl (C=O) groups excluding carboxylic acids is 1. The number of amides is 1. The van der Waals surface area contributed by atoms with E-state index in [0.29, 0.717) is 6.42 Å². The van der Waals surface area contributed by atoms with Gasteiger partial charge in [0, 0.05) is 12.4 Å². The average molecular weight is 271 g/mol. The van der Waals surface area contributed by atoms with Crippen LogP contribution in [0.15, 0.2) is 18.5 Å². The molecule has 1 atom stereocenters. The lowest BCUT2D eigenvalue weighted by molar-refractivity contribution is -0.139. The van der Waals surface area contributed by atoms with Gasteiger partial charge in [-0.15, -0.1) is 0 Å². The van der Waals surface area contributed by atoms with Crippen LogP contribution in [0.4, 0.5) is 0 Å². The summed E-state index contributed by atoms with van der Waals surface area (Å²) in [6.07, 6.45) is 3.13. The van der Waals surface area contributed by atoms with Crippen LogP contribution in [0, 0.1) is 5.92 Å². The number of hydrogen-bond acceptors (Lipinski definition) is 3. The number of carboxylic acids is 1. The number of carbonyl (C=O) groups is 2. The third kappa shape index (κ3) is 4.00. The van der Waals surface area contributed by atoms with Gasteiger partial charge in [-0.3, -0.25) is 9.78 Å².